The molecule has 0 heterocycles. The summed E-state index contributed by atoms with van der Waals surface area (Å²) in [5.41, 5.74) is 0. The van der Waals surface area contributed by atoms with Gasteiger partial charge in [-0.05, 0) is 25.2 Å². The first-order chi connectivity index (χ1) is 9.37. The zero-order valence-electron chi connectivity index (χ0n) is 13.5. The van der Waals surface area contributed by atoms with Gasteiger partial charge in [-0.3, -0.25) is 0 Å². The molecule has 0 spiro atoms. The molecule has 20 heavy (non-hydrogen) atoms. The monoisotopic (exact) mass is 286 g/mol. The van der Waals surface area contributed by atoms with Gasteiger partial charge in [-0.15, -0.1) is 0 Å². The minimum atomic E-state index is -0.964. The second kappa shape index (κ2) is 9.61. The molecule has 0 fully saturated rings. The average Bonchev–Trinajstić information content (AvgIpc) is 2.37. The van der Waals surface area contributed by atoms with Gasteiger partial charge in [0, 0.05) is 12.6 Å². The number of amides is 2. The van der Waals surface area contributed by atoms with Gasteiger partial charge in [0.15, 0.2) is 0 Å². The Kier molecular flexibility index (Phi) is 9.01. The van der Waals surface area contributed by atoms with E-state index in [0.29, 0.717) is 18.9 Å². The zero-order chi connectivity index (χ0) is 15.7. The molecule has 0 saturated heterocycles. The van der Waals surface area contributed by atoms with E-state index in [1.54, 1.807) is 4.90 Å². The van der Waals surface area contributed by atoms with Gasteiger partial charge in [0.2, 0.25) is 0 Å². The Morgan fingerprint density at radius 1 is 1.15 bits per heavy atom. The number of rotatable bonds is 9. The molecule has 0 aromatic carbocycles. The smallest absolute Gasteiger partial charge is 0.326 e. The Morgan fingerprint density at radius 2 is 1.70 bits per heavy atom. The van der Waals surface area contributed by atoms with Gasteiger partial charge in [0.25, 0.3) is 0 Å². The summed E-state index contributed by atoms with van der Waals surface area (Å²) in [6, 6.07) is -0.891. The van der Waals surface area contributed by atoms with Crippen LogP contribution >= 0.6 is 0 Å². The van der Waals surface area contributed by atoms with E-state index in [9.17, 15) is 9.59 Å². The summed E-state index contributed by atoms with van der Waals surface area (Å²) < 4.78 is 0. The first-order valence-corrected chi connectivity index (χ1v) is 7.67. The third-order valence-electron chi connectivity index (χ3n) is 3.38. The van der Waals surface area contributed by atoms with Gasteiger partial charge in [-0.25, -0.2) is 9.59 Å². The lowest BCUT2D eigenvalue weighted by Crippen LogP contribution is -2.52. The van der Waals surface area contributed by atoms with Crippen molar-refractivity contribution in [3.63, 3.8) is 0 Å². The van der Waals surface area contributed by atoms with Gasteiger partial charge < -0.3 is 15.3 Å². The van der Waals surface area contributed by atoms with Crippen LogP contribution in [-0.4, -0.2) is 40.6 Å². The number of carboxylic acid groups (broad SMARTS) is 1. The standard InChI is InChI=1S/C15H30N2O3/c1-6-9-13(14(18)19)16-15(20)17(10-11(4)5)12(7-2)8-3/h11-13H,6-10H2,1-5H3,(H,16,20)(H,18,19)/t13-/m0/s1. The summed E-state index contributed by atoms with van der Waals surface area (Å²) in [6.45, 7) is 10.8. The lowest BCUT2D eigenvalue weighted by atomic mass is 10.1. The van der Waals surface area contributed by atoms with Crippen molar-refractivity contribution in [2.45, 2.75) is 72.4 Å². The van der Waals surface area contributed by atoms with E-state index in [-0.39, 0.29) is 12.1 Å². The van der Waals surface area contributed by atoms with Crippen LogP contribution in [0.15, 0.2) is 0 Å². The molecule has 0 aromatic rings. The fourth-order valence-electron chi connectivity index (χ4n) is 2.30. The van der Waals surface area contributed by atoms with Gasteiger partial charge in [0.05, 0.1) is 0 Å². The lowest BCUT2D eigenvalue weighted by Gasteiger charge is -2.33. The Hall–Kier alpha value is -1.26. The van der Waals surface area contributed by atoms with Crippen LogP contribution in [0.25, 0.3) is 0 Å². The van der Waals surface area contributed by atoms with Crippen molar-refractivity contribution < 1.29 is 14.7 Å². The molecule has 0 rings (SSSR count). The number of carboxylic acids is 1. The quantitative estimate of drug-likeness (QED) is 0.684. The molecule has 2 N–H and O–H groups in total. The van der Waals surface area contributed by atoms with Crippen molar-refractivity contribution in [2.75, 3.05) is 6.54 Å². The van der Waals surface area contributed by atoms with Crippen molar-refractivity contribution in [3.05, 3.63) is 0 Å². The number of urea groups is 1. The molecular formula is C15H30N2O3. The van der Waals surface area contributed by atoms with E-state index in [0.717, 1.165) is 19.3 Å². The molecule has 1 atom stereocenters. The Bertz CT molecular complexity index is 301. The number of nitrogens with one attached hydrogen (secondary N) is 1. The highest BCUT2D eigenvalue weighted by Crippen LogP contribution is 2.12. The van der Waals surface area contributed by atoms with Crippen LogP contribution in [0, 0.1) is 5.92 Å². The molecule has 0 aliphatic heterocycles. The van der Waals surface area contributed by atoms with Crippen LogP contribution in [-0.2, 0) is 4.79 Å². The second-order valence-electron chi connectivity index (χ2n) is 5.65. The molecule has 0 unspecified atom stereocenters. The number of hydrogen-bond acceptors (Lipinski definition) is 2. The third-order valence-corrected chi connectivity index (χ3v) is 3.38. The Balaban J connectivity index is 4.88. The lowest BCUT2D eigenvalue weighted by molar-refractivity contribution is -0.139. The van der Waals surface area contributed by atoms with Crippen molar-refractivity contribution >= 4 is 12.0 Å². The minimum Gasteiger partial charge on any atom is -0.480 e. The SMILES string of the molecule is CCC[C@H](NC(=O)N(CC(C)C)C(CC)CC)C(=O)O. The van der Waals surface area contributed by atoms with Gasteiger partial charge in [0.1, 0.15) is 6.04 Å². The largest absolute Gasteiger partial charge is 0.480 e. The highest BCUT2D eigenvalue weighted by Gasteiger charge is 2.26. The van der Waals surface area contributed by atoms with Gasteiger partial charge in [-0.2, -0.15) is 0 Å². The van der Waals surface area contributed by atoms with Gasteiger partial charge >= 0.3 is 12.0 Å². The summed E-state index contributed by atoms with van der Waals surface area (Å²) in [5, 5.41) is 11.8. The summed E-state index contributed by atoms with van der Waals surface area (Å²) >= 11 is 0. The number of nitrogens with zero attached hydrogens (tertiary/aromatic N) is 1. The molecule has 0 aromatic heterocycles. The van der Waals surface area contributed by atoms with Crippen LogP contribution in [0.5, 0.6) is 0 Å². The molecule has 0 aliphatic carbocycles. The molecule has 5 nitrogen and oxygen atoms in total. The van der Waals surface area contributed by atoms with E-state index in [1.165, 1.54) is 0 Å². The van der Waals surface area contributed by atoms with Crippen LogP contribution in [0.2, 0.25) is 0 Å². The highest BCUT2D eigenvalue weighted by atomic mass is 16.4. The number of aliphatic carboxylic acids is 1. The van der Waals surface area contributed by atoms with Crippen molar-refractivity contribution in [2.24, 2.45) is 5.92 Å². The molecule has 0 saturated carbocycles. The summed E-state index contributed by atoms with van der Waals surface area (Å²) in [5.74, 6) is -0.606. The first kappa shape index (κ1) is 18.7. The maximum atomic E-state index is 12.4. The van der Waals surface area contributed by atoms with E-state index in [2.05, 4.69) is 33.0 Å². The summed E-state index contributed by atoms with van der Waals surface area (Å²) in [6.07, 6.45) is 2.94. The van der Waals surface area contributed by atoms with Crippen molar-refractivity contribution in [3.8, 4) is 0 Å². The average molecular weight is 286 g/mol. The normalized spacial score (nSPS) is 12.6. The molecule has 2 amide bonds. The maximum absolute atomic E-state index is 12.4. The summed E-state index contributed by atoms with van der Waals surface area (Å²) in [7, 11) is 0. The molecule has 0 radical (unpaired) electrons. The molecular weight excluding hydrogens is 256 g/mol. The molecule has 0 aliphatic rings. The van der Waals surface area contributed by atoms with Crippen molar-refractivity contribution in [1.82, 2.24) is 10.2 Å². The van der Waals surface area contributed by atoms with Crippen LogP contribution in [0.1, 0.15) is 60.3 Å². The van der Waals surface area contributed by atoms with E-state index >= 15 is 0 Å². The molecule has 118 valence electrons. The fraction of sp³-hybridized carbons (Fsp3) is 0.867. The Morgan fingerprint density at radius 3 is 2.05 bits per heavy atom. The van der Waals surface area contributed by atoms with Crippen LogP contribution in [0.3, 0.4) is 0 Å². The van der Waals surface area contributed by atoms with Gasteiger partial charge in [-0.1, -0.05) is 41.0 Å². The van der Waals surface area contributed by atoms with E-state index < -0.39 is 12.0 Å². The fourth-order valence-corrected chi connectivity index (χ4v) is 2.30. The Labute approximate surface area is 122 Å². The third kappa shape index (κ3) is 6.26. The maximum Gasteiger partial charge on any atom is 0.326 e. The zero-order valence-corrected chi connectivity index (χ0v) is 13.5. The predicted molar refractivity (Wildman–Crippen MR) is 80.8 cm³/mol. The summed E-state index contributed by atoms with van der Waals surface area (Å²) in [4.78, 5) is 25.3. The molecule has 0 bridgehead atoms. The number of carbonyl (C=O) groups is 2. The number of carbonyl (C=O) groups excluding carboxylic acids is 1. The minimum absolute atomic E-state index is 0.161. The van der Waals surface area contributed by atoms with E-state index in [4.69, 9.17) is 5.11 Å². The topological polar surface area (TPSA) is 69.6 Å². The van der Waals surface area contributed by atoms with Crippen LogP contribution in [0.4, 0.5) is 4.79 Å². The predicted octanol–water partition coefficient (Wildman–Crippen LogP) is 3.10. The first-order valence-electron chi connectivity index (χ1n) is 7.67. The number of hydrogen-bond donors (Lipinski definition) is 2. The van der Waals surface area contributed by atoms with Crippen LogP contribution < -0.4 is 5.32 Å². The van der Waals surface area contributed by atoms with Crippen molar-refractivity contribution in [1.29, 1.82) is 0 Å². The second-order valence-corrected chi connectivity index (χ2v) is 5.65. The van der Waals surface area contributed by atoms with E-state index in [1.807, 2.05) is 6.92 Å². The highest BCUT2D eigenvalue weighted by molar-refractivity contribution is 5.82. The molecule has 5 heteroatoms.